The van der Waals surface area contributed by atoms with Crippen molar-refractivity contribution in [2.45, 2.75) is 0 Å². The summed E-state index contributed by atoms with van der Waals surface area (Å²) in [6.45, 7) is 0.946. The molecule has 0 aromatic heterocycles. The predicted octanol–water partition coefficient (Wildman–Crippen LogP) is 1.69. The van der Waals surface area contributed by atoms with Crippen molar-refractivity contribution in [3.05, 3.63) is 42.1 Å². The molecule has 3 nitrogen and oxygen atoms in total. The van der Waals surface area contributed by atoms with E-state index in [0.29, 0.717) is 11.4 Å². The van der Waals surface area contributed by atoms with Gasteiger partial charge in [-0.15, -0.1) is 0 Å². The zero-order valence-electron chi connectivity index (χ0n) is 8.77. The molecule has 1 aliphatic rings. The van der Waals surface area contributed by atoms with Gasteiger partial charge in [-0.2, -0.15) is 0 Å². The summed E-state index contributed by atoms with van der Waals surface area (Å²) in [6, 6.07) is 5.64. The molecule has 0 saturated heterocycles. The fourth-order valence-corrected chi connectivity index (χ4v) is 1.69. The van der Waals surface area contributed by atoms with Crippen LogP contribution in [-0.2, 0) is 0 Å². The molecule has 0 bridgehead atoms. The third-order valence-corrected chi connectivity index (χ3v) is 2.36. The fraction of sp³-hybridized carbons (Fsp3) is 0.167. The summed E-state index contributed by atoms with van der Waals surface area (Å²) in [4.78, 5) is 2.12. The van der Waals surface area contributed by atoms with E-state index in [9.17, 15) is 0 Å². The molecule has 78 valence electrons. The largest absolute Gasteiger partial charge is 0.399 e. The standard InChI is InChI=1S/C12H15N3/c1-15-4-2-3-9(8-15)10-5-11(13)7-12(14)6-10/h2-3,5-8H,4,13-14H2,1H3. The van der Waals surface area contributed by atoms with Gasteiger partial charge in [0.15, 0.2) is 0 Å². The van der Waals surface area contributed by atoms with Gasteiger partial charge in [0.05, 0.1) is 0 Å². The quantitative estimate of drug-likeness (QED) is 0.680. The average molecular weight is 201 g/mol. The van der Waals surface area contributed by atoms with Crippen LogP contribution in [0.4, 0.5) is 11.4 Å². The second-order valence-electron chi connectivity index (χ2n) is 3.81. The number of benzene rings is 1. The molecule has 3 heteroatoms. The maximum Gasteiger partial charge on any atom is 0.0354 e. The van der Waals surface area contributed by atoms with Gasteiger partial charge in [0.2, 0.25) is 0 Å². The van der Waals surface area contributed by atoms with Crippen LogP contribution in [0.1, 0.15) is 5.56 Å². The first-order valence-electron chi connectivity index (χ1n) is 4.90. The Morgan fingerprint density at radius 1 is 1.13 bits per heavy atom. The maximum absolute atomic E-state index is 5.76. The smallest absolute Gasteiger partial charge is 0.0354 e. The highest BCUT2D eigenvalue weighted by atomic mass is 15.1. The number of nitrogen functional groups attached to an aromatic ring is 2. The number of nitrogens with zero attached hydrogens (tertiary/aromatic N) is 1. The van der Waals surface area contributed by atoms with E-state index in [-0.39, 0.29) is 0 Å². The Hall–Kier alpha value is -1.90. The summed E-state index contributed by atoms with van der Waals surface area (Å²) in [7, 11) is 2.04. The van der Waals surface area contributed by atoms with Gasteiger partial charge < -0.3 is 16.4 Å². The second-order valence-corrected chi connectivity index (χ2v) is 3.81. The summed E-state index contributed by atoms with van der Waals surface area (Å²) in [5, 5.41) is 0. The molecule has 0 fully saturated rings. The predicted molar refractivity (Wildman–Crippen MR) is 65.0 cm³/mol. The highest BCUT2D eigenvalue weighted by molar-refractivity contribution is 5.78. The Kier molecular flexibility index (Phi) is 2.37. The van der Waals surface area contributed by atoms with Crippen molar-refractivity contribution in [2.24, 2.45) is 0 Å². The van der Waals surface area contributed by atoms with Crippen molar-refractivity contribution in [3.8, 4) is 0 Å². The van der Waals surface area contributed by atoms with E-state index >= 15 is 0 Å². The molecule has 0 atom stereocenters. The van der Waals surface area contributed by atoms with Gasteiger partial charge in [0.1, 0.15) is 0 Å². The first-order valence-corrected chi connectivity index (χ1v) is 4.90. The first-order chi connectivity index (χ1) is 7.15. The Labute approximate surface area is 89.7 Å². The molecule has 1 aliphatic heterocycles. The van der Waals surface area contributed by atoms with Crippen LogP contribution in [0.3, 0.4) is 0 Å². The second kappa shape index (κ2) is 3.69. The zero-order chi connectivity index (χ0) is 10.8. The molecule has 0 spiro atoms. The topological polar surface area (TPSA) is 55.3 Å². The van der Waals surface area contributed by atoms with Crippen LogP contribution < -0.4 is 11.5 Å². The minimum absolute atomic E-state index is 0.701. The zero-order valence-corrected chi connectivity index (χ0v) is 8.77. The highest BCUT2D eigenvalue weighted by Gasteiger charge is 2.05. The fourth-order valence-electron chi connectivity index (χ4n) is 1.69. The van der Waals surface area contributed by atoms with E-state index in [0.717, 1.165) is 17.7 Å². The Morgan fingerprint density at radius 2 is 1.80 bits per heavy atom. The van der Waals surface area contributed by atoms with E-state index in [2.05, 4.69) is 23.3 Å². The molecule has 0 saturated carbocycles. The van der Waals surface area contributed by atoms with Gasteiger partial charge in [-0.25, -0.2) is 0 Å². The Balaban J connectivity index is 2.41. The molecular formula is C12H15N3. The summed E-state index contributed by atoms with van der Waals surface area (Å²) in [5.41, 5.74) is 15.1. The third-order valence-electron chi connectivity index (χ3n) is 2.36. The van der Waals surface area contributed by atoms with Crippen LogP contribution in [0.5, 0.6) is 0 Å². The molecule has 0 radical (unpaired) electrons. The number of likely N-dealkylation sites (N-methyl/N-ethyl adjacent to an activating group) is 1. The van der Waals surface area contributed by atoms with Crippen molar-refractivity contribution in [3.63, 3.8) is 0 Å². The summed E-state index contributed by atoms with van der Waals surface area (Å²) in [6.07, 6.45) is 6.30. The van der Waals surface area contributed by atoms with E-state index in [1.54, 1.807) is 6.07 Å². The van der Waals surface area contributed by atoms with Crippen LogP contribution in [0, 0.1) is 0 Å². The SMILES string of the molecule is CN1C=C(c2cc(N)cc(N)c2)C=CC1. The first kappa shape index (κ1) is 9.65. The Morgan fingerprint density at radius 3 is 2.40 bits per heavy atom. The number of rotatable bonds is 1. The van der Waals surface area contributed by atoms with E-state index in [1.807, 2.05) is 19.2 Å². The van der Waals surface area contributed by atoms with Gasteiger partial charge in [-0.05, 0) is 29.3 Å². The van der Waals surface area contributed by atoms with Crippen LogP contribution in [-0.4, -0.2) is 18.5 Å². The van der Waals surface area contributed by atoms with Crippen LogP contribution >= 0.6 is 0 Å². The van der Waals surface area contributed by atoms with Crippen LogP contribution in [0.25, 0.3) is 5.57 Å². The minimum atomic E-state index is 0.701. The molecule has 4 N–H and O–H groups in total. The molecule has 1 heterocycles. The summed E-state index contributed by atoms with van der Waals surface area (Å²) in [5.74, 6) is 0. The molecule has 1 aromatic carbocycles. The molecule has 2 rings (SSSR count). The minimum Gasteiger partial charge on any atom is -0.399 e. The molecule has 1 aromatic rings. The van der Waals surface area contributed by atoms with E-state index in [4.69, 9.17) is 11.5 Å². The molecule has 15 heavy (non-hydrogen) atoms. The molecule has 0 aliphatic carbocycles. The van der Waals surface area contributed by atoms with Gasteiger partial charge in [0, 0.05) is 31.2 Å². The average Bonchev–Trinajstić information content (AvgIpc) is 2.16. The Bertz CT molecular complexity index is 412. The number of allylic oxidation sites excluding steroid dienone is 2. The lowest BCUT2D eigenvalue weighted by atomic mass is 10.0. The van der Waals surface area contributed by atoms with E-state index < -0.39 is 0 Å². The van der Waals surface area contributed by atoms with Gasteiger partial charge >= 0.3 is 0 Å². The van der Waals surface area contributed by atoms with Gasteiger partial charge in [0.25, 0.3) is 0 Å². The normalized spacial score (nSPS) is 15.3. The van der Waals surface area contributed by atoms with Crippen molar-refractivity contribution in [1.82, 2.24) is 4.90 Å². The lowest BCUT2D eigenvalue weighted by molar-refractivity contribution is 0.507. The van der Waals surface area contributed by atoms with Crippen LogP contribution in [0.2, 0.25) is 0 Å². The maximum atomic E-state index is 5.76. The van der Waals surface area contributed by atoms with Gasteiger partial charge in [-0.1, -0.05) is 12.2 Å². The van der Waals surface area contributed by atoms with Crippen molar-refractivity contribution in [2.75, 3.05) is 25.1 Å². The number of nitrogens with two attached hydrogens (primary N) is 2. The molecular weight excluding hydrogens is 186 g/mol. The van der Waals surface area contributed by atoms with E-state index in [1.165, 1.54) is 0 Å². The number of anilines is 2. The summed E-state index contributed by atoms with van der Waals surface area (Å²) >= 11 is 0. The lowest BCUT2D eigenvalue weighted by Gasteiger charge is -2.18. The number of hydrogen-bond donors (Lipinski definition) is 2. The lowest BCUT2D eigenvalue weighted by Crippen LogP contribution is -2.13. The summed E-state index contributed by atoms with van der Waals surface area (Å²) < 4.78 is 0. The highest BCUT2D eigenvalue weighted by Crippen LogP contribution is 2.23. The van der Waals surface area contributed by atoms with Crippen molar-refractivity contribution >= 4 is 16.9 Å². The van der Waals surface area contributed by atoms with Gasteiger partial charge in [-0.3, -0.25) is 0 Å². The monoisotopic (exact) mass is 201 g/mol. The van der Waals surface area contributed by atoms with Crippen molar-refractivity contribution in [1.29, 1.82) is 0 Å². The number of hydrogen-bond acceptors (Lipinski definition) is 3. The molecule has 0 unspecified atom stereocenters. The molecule has 0 amide bonds. The third kappa shape index (κ3) is 2.13. The van der Waals surface area contributed by atoms with Crippen molar-refractivity contribution < 1.29 is 0 Å². The van der Waals surface area contributed by atoms with Crippen LogP contribution in [0.15, 0.2) is 36.6 Å².